The molecule has 1 heterocycles. The van der Waals surface area contributed by atoms with E-state index in [-0.39, 0.29) is 17.6 Å². The SMILES string of the molecule is Cc1cc(C)cc(CCCC2COC3(C=CC(=O)C=C3)N(c3ccccc3)C2=O)c1. The van der Waals surface area contributed by atoms with Gasteiger partial charge in [0.05, 0.1) is 12.5 Å². The van der Waals surface area contributed by atoms with Crippen LogP contribution in [-0.4, -0.2) is 24.0 Å². The quantitative estimate of drug-likeness (QED) is 0.730. The number of rotatable bonds is 5. The van der Waals surface area contributed by atoms with Crippen LogP contribution in [0.4, 0.5) is 5.69 Å². The molecule has 1 atom stereocenters. The van der Waals surface area contributed by atoms with Crippen molar-refractivity contribution < 1.29 is 14.3 Å². The summed E-state index contributed by atoms with van der Waals surface area (Å²) in [6.07, 6.45) is 8.95. The maximum Gasteiger partial charge on any atom is 0.235 e. The number of nitrogens with zero attached hydrogens (tertiary/aromatic N) is 1. The molecule has 1 fully saturated rings. The number of amides is 1. The maximum atomic E-state index is 13.5. The Hall–Kier alpha value is -2.98. The Morgan fingerprint density at radius 2 is 1.67 bits per heavy atom. The molecule has 2 aliphatic rings. The Morgan fingerprint density at radius 1 is 1.00 bits per heavy atom. The zero-order valence-electron chi connectivity index (χ0n) is 17.5. The van der Waals surface area contributed by atoms with Crippen molar-refractivity contribution in [1.29, 1.82) is 0 Å². The van der Waals surface area contributed by atoms with Crippen LogP contribution in [0.15, 0.2) is 72.8 Å². The zero-order chi connectivity index (χ0) is 21.1. The summed E-state index contributed by atoms with van der Waals surface area (Å²) in [6, 6.07) is 16.1. The molecule has 0 aromatic heterocycles. The van der Waals surface area contributed by atoms with Gasteiger partial charge in [-0.3, -0.25) is 14.5 Å². The van der Waals surface area contributed by atoms with Crippen molar-refractivity contribution in [3.8, 4) is 0 Å². The summed E-state index contributed by atoms with van der Waals surface area (Å²) in [4.78, 5) is 26.9. The Morgan fingerprint density at radius 3 is 2.33 bits per heavy atom. The molecule has 30 heavy (non-hydrogen) atoms. The van der Waals surface area contributed by atoms with Crippen molar-refractivity contribution in [2.75, 3.05) is 11.5 Å². The number of hydrogen-bond acceptors (Lipinski definition) is 3. The van der Waals surface area contributed by atoms with Crippen molar-refractivity contribution in [3.63, 3.8) is 0 Å². The Kier molecular flexibility index (Phi) is 5.69. The molecule has 1 aliphatic carbocycles. The molecule has 1 spiro atoms. The van der Waals surface area contributed by atoms with Crippen molar-refractivity contribution >= 4 is 17.4 Å². The number of ether oxygens (including phenoxy) is 1. The van der Waals surface area contributed by atoms with Gasteiger partial charge in [0.1, 0.15) is 0 Å². The molecule has 1 aliphatic heterocycles. The molecule has 1 amide bonds. The fourth-order valence-electron chi connectivity index (χ4n) is 4.36. The summed E-state index contributed by atoms with van der Waals surface area (Å²) >= 11 is 0. The molecule has 0 bridgehead atoms. The van der Waals surface area contributed by atoms with E-state index in [0.29, 0.717) is 6.61 Å². The van der Waals surface area contributed by atoms with Gasteiger partial charge >= 0.3 is 0 Å². The second kappa shape index (κ2) is 8.41. The first-order valence-corrected chi connectivity index (χ1v) is 10.5. The third-order valence-corrected chi connectivity index (χ3v) is 5.72. The number of aryl methyl sites for hydroxylation is 3. The first-order valence-electron chi connectivity index (χ1n) is 10.5. The predicted molar refractivity (Wildman–Crippen MR) is 118 cm³/mol. The van der Waals surface area contributed by atoms with Crippen molar-refractivity contribution in [2.24, 2.45) is 5.92 Å². The van der Waals surface area contributed by atoms with Gasteiger partial charge in [-0.2, -0.15) is 0 Å². The van der Waals surface area contributed by atoms with Gasteiger partial charge in [0, 0.05) is 5.69 Å². The Balaban J connectivity index is 1.52. The molecule has 2 aromatic carbocycles. The van der Waals surface area contributed by atoms with E-state index in [9.17, 15) is 9.59 Å². The summed E-state index contributed by atoms with van der Waals surface area (Å²) in [6.45, 7) is 4.57. The van der Waals surface area contributed by atoms with Crippen LogP contribution in [0.2, 0.25) is 0 Å². The van der Waals surface area contributed by atoms with Crippen LogP contribution in [0, 0.1) is 19.8 Å². The predicted octanol–water partition coefficient (Wildman–Crippen LogP) is 4.70. The minimum atomic E-state index is -1.03. The molecule has 4 rings (SSSR count). The average molecular weight is 402 g/mol. The van der Waals surface area contributed by atoms with Crippen LogP contribution in [0.25, 0.3) is 0 Å². The first kappa shape index (κ1) is 20.3. The topological polar surface area (TPSA) is 46.6 Å². The normalized spacial score (nSPS) is 20.2. The lowest BCUT2D eigenvalue weighted by Crippen LogP contribution is -2.59. The minimum Gasteiger partial charge on any atom is -0.347 e. The lowest BCUT2D eigenvalue weighted by Gasteiger charge is -2.46. The fraction of sp³-hybridized carbons (Fsp3) is 0.308. The average Bonchev–Trinajstić information content (AvgIpc) is 2.72. The van der Waals surface area contributed by atoms with Gasteiger partial charge in [0.25, 0.3) is 0 Å². The molecule has 4 heteroatoms. The minimum absolute atomic E-state index is 0.0384. The summed E-state index contributed by atoms with van der Waals surface area (Å²) in [5.41, 5.74) is 3.58. The molecule has 4 nitrogen and oxygen atoms in total. The highest BCUT2D eigenvalue weighted by atomic mass is 16.5. The van der Waals surface area contributed by atoms with Crippen molar-refractivity contribution in [1.82, 2.24) is 0 Å². The van der Waals surface area contributed by atoms with E-state index in [2.05, 4.69) is 32.0 Å². The molecule has 2 aromatic rings. The monoisotopic (exact) mass is 401 g/mol. The third-order valence-electron chi connectivity index (χ3n) is 5.72. The number of para-hydroxylation sites is 1. The number of benzene rings is 2. The number of allylic oxidation sites excluding steroid dienone is 2. The van der Waals surface area contributed by atoms with Gasteiger partial charge in [-0.25, -0.2) is 0 Å². The van der Waals surface area contributed by atoms with Gasteiger partial charge in [0.15, 0.2) is 11.5 Å². The molecular weight excluding hydrogens is 374 g/mol. The summed E-state index contributed by atoms with van der Waals surface area (Å²) < 4.78 is 6.23. The highest BCUT2D eigenvalue weighted by Crippen LogP contribution is 2.36. The molecule has 0 saturated carbocycles. The molecule has 154 valence electrons. The van der Waals surface area contributed by atoms with Crippen LogP contribution in [-0.2, 0) is 20.7 Å². The van der Waals surface area contributed by atoms with Crippen LogP contribution in [0.1, 0.15) is 29.5 Å². The van der Waals surface area contributed by atoms with Crippen LogP contribution < -0.4 is 4.90 Å². The van der Waals surface area contributed by atoms with Gasteiger partial charge in [-0.15, -0.1) is 0 Å². The molecule has 0 radical (unpaired) electrons. The number of carbonyl (C=O) groups is 2. The number of anilines is 1. The molecule has 1 unspecified atom stereocenters. The standard InChI is InChI=1S/C26H27NO3/c1-19-15-20(2)17-21(16-19)7-6-8-22-18-30-26(13-11-24(28)12-14-26)27(25(22)29)23-9-4-3-5-10-23/h3-5,9-17,22H,6-8,18H2,1-2H3. The number of carbonyl (C=O) groups excluding carboxylic acids is 2. The second-order valence-corrected chi connectivity index (χ2v) is 8.23. The Labute approximate surface area is 177 Å². The first-order chi connectivity index (χ1) is 14.5. The van der Waals surface area contributed by atoms with E-state index < -0.39 is 5.72 Å². The summed E-state index contributed by atoms with van der Waals surface area (Å²) in [5, 5.41) is 0. The Bertz CT molecular complexity index is 970. The molecule has 1 saturated heterocycles. The van der Waals surface area contributed by atoms with E-state index in [1.165, 1.54) is 28.8 Å². The zero-order valence-corrected chi connectivity index (χ0v) is 17.5. The van der Waals surface area contributed by atoms with E-state index in [4.69, 9.17) is 4.74 Å². The molecular formula is C26H27NO3. The smallest absolute Gasteiger partial charge is 0.235 e. The highest BCUT2D eigenvalue weighted by molar-refractivity contribution is 6.03. The van der Waals surface area contributed by atoms with E-state index in [1.54, 1.807) is 17.1 Å². The van der Waals surface area contributed by atoms with Crippen LogP contribution in [0.3, 0.4) is 0 Å². The van der Waals surface area contributed by atoms with Gasteiger partial charge in [0.2, 0.25) is 5.91 Å². The third kappa shape index (κ3) is 4.14. The van der Waals surface area contributed by atoms with Crippen molar-refractivity contribution in [3.05, 3.63) is 89.5 Å². The van der Waals surface area contributed by atoms with Crippen LogP contribution >= 0.6 is 0 Å². The second-order valence-electron chi connectivity index (χ2n) is 8.23. The lowest BCUT2D eigenvalue weighted by atomic mass is 9.92. The van der Waals surface area contributed by atoms with E-state index in [1.807, 2.05) is 30.3 Å². The van der Waals surface area contributed by atoms with Crippen LogP contribution in [0.5, 0.6) is 0 Å². The van der Waals surface area contributed by atoms with Gasteiger partial charge in [-0.05, 0) is 75.1 Å². The number of hydrogen-bond donors (Lipinski definition) is 0. The summed E-state index contributed by atoms with van der Waals surface area (Å²) in [5.74, 6) is -0.266. The molecule has 0 N–H and O–H groups in total. The maximum absolute atomic E-state index is 13.5. The van der Waals surface area contributed by atoms with E-state index in [0.717, 1.165) is 24.9 Å². The highest BCUT2D eigenvalue weighted by Gasteiger charge is 2.46. The van der Waals surface area contributed by atoms with Gasteiger partial charge in [-0.1, -0.05) is 47.5 Å². The van der Waals surface area contributed by atoms with E-state index >= 15 is 0 Å². The summed E-state index contributed by atoms with van der Waals surface area (Å²) in [7, 11) is 0. The fourth-order valence-corrected chi connectivity index (χ4v) is 4.36. The largest absolute Gasteiger partial charge is 0.347 e. The van der Waals surface area contributed by atoms with Gasteiger partial charge < -0.3 is 4.74 Å². The van der Waals surface area contributed by atoms with Crippen molar-refractivity contribution in [2.45, 2.75) is 38.8 Å². The number of ketones is 1. The lowest BCUT2D eigenvalue weighted by molar-refractivity contribution is -0.138.